The fraction of sp³-hybridized carbons (Fsp3) is 0.304. The third-order valence-electron chi connectivity index (χ3n) is 5.43. The van der Waals surface area contributed by atoms with Gasteiger partial charge in [0.25, 0.3) is 11.5 Å². The number of hydrogen-bond donors (Lipinski definition) is 4. The van der Waals surface area contributed by atoms with Gasteiger partial charge >= 0.3 is 0 Å². The zero-order valence-electron chi connectivity index (χ0n) is 17.9. The van der Waals surface area contributed by atoms with Gasteiger partial charge in [0.1, 0.15) is 23.6 Å². The van der Waals surface area contributed by atoms with Crippen molar-refractivity contribution in [2.75, 3.05) is 37.4 Å². The van der Waals surface area contributed by atoms with E-state index < -0.39 is 5.56 Å². The monoisotopic (exact) mass is 434 g/mol. The number of piperidine rings is 1. The van der Waals surface area contributed by atoms with Gasteiger partial charge in [-0.2, -0.15) is 0 Å². The Morgan fingerprint density at radius 2 is 1.94 bits per heavy atom. The highest BCUT2D eigenvalue weighted by Gasteiger charge is 2.14. The van der Waals surface area contributed by atoms with Gasteiger partial charge in [0.2, 0.25) is 0 Å². The molecule has 1 aliphatic heterocycles. The van der Waals surface area contributed by atoms with E-state index in [9.17, 15) is 9.59 Å². The van der Waals surface area contributed by atoms with E-state index in [1.54, 1.807) is 49.6 Å². The van der Waals surface area contributed by atoms with E-state index in [-0.39, 0.29) is 11.6 Å². The molecular formula is C23H26N6O3. The molecule has 166 valence electrons. The van der Waals surface area contributed by atoms with Gasteiger partial charge in [-0.25, -0.2) is 9.97 Å². The number of nitrogens with one attached hydrogen (secondary N) is 4. The van der Waals surface area contributed by atoms with Crippen LogP contribution in [-0.2, 0) is 0 Å². The molecule has 0 unspecified atom stereocenters. The lowest BCUT2D eigenvalue weighted by atomic mass is 9.99. The number of rotatable bonds is 7. The summed E-state index contributed by atoms with van der Waals surface area (Å²) >= 11 is 0. The first-order chi connectivity index (χ1) is 15.6. The maximum atomic E-state index is 12.7. The zero-order valence-corrected chi connectivity index (χ0v) is 17.9. The molecule has 2 aromatic heterocycles. The van der Waals surface area contributed by atoms with Crippen molar-refractivity contribution < 1.29 is 9.53 Å². The quantitative estimate of drug-likeness (QED) is 0.451. The second-order valence-electron chi connectivity index (χ2n) is 7.65. The van der Waals surface area contributed by atoms with Crippen LogP contribution < -0.4 is 26.2 Å². The number of H-pyrrole nitrogens is 1. The van der Waals surface area contributed by atoms with Gasteiger partial charge in [0.15, 0.2) is 0 Å². The van der Waals surface area contributed by atoms with Crippen molar-refractivity contribution in [3.63, 3.8) is 0 Å². The fourth-order valence-corrected chi connectivity index (χ4v) is 3.54. The first-order valence-corrected chi connectivity index (χ1v) is 10.6. The lowest BCUT2D eigenvalue weighted by Crippen LogP contribution is -2.30. The van der Waals surface area contributed by atoms with Crippen LogP contribution in [-0.4, -0.2) is 47.6 Å². The summed E-state index contributed by atoms with van der Waals surface area (Å²) in [6.45, 7) is 2.73. The third kappa shape index (κ3) is 5.30. The minimum atomic E-state index is -0.396. The van der Waals surface area contributed by atoms with Crippen LogP contribution >= 0.6 is 0 Å². The molecular weight excluding hydrogens is 408 g/mol. The Morgan fingerprint density at radius 3 is 2.69 bits per heavy atom. The highest BCUT2D eigenvalue weighted by Crippen LogP contribution is 2.20. The van der Waals surface area contributed by atoms with Crippen LogP contribution in [0.15, 0.2) is 53.7 Å². The van der Waals surface area contributed by atoms with Gasteiger partial charge in [-0.1, -0.05) is 0 Å². The maximum Gasteiger partial charge on any atom is 0.271 e. The molecule has 0 atom stereocenters. The first-order valence-electron chi connectivity index (χ1n) is 10.6. The van der Waals surface area contributed by atoms with Gasteiger partial charge in [-0.3, -0.25) is 9.59 Å². The Kier molecular flexibility index (Phi) is 6.76. The number of carbonyl (C=O) groups is 1. The molecule has 3 heterocycles. The van der Waals surface area contributed by atoms with Gasteiger partial charge < -0.3 is 25.7 Å². The smallest absolute Gasteiger partial charge is 0.271 e. The SMILES string of the molecule is CNc1cc(-c2c[nH]c(=O)c(NC(=O)c3ccc(OCC4CCNCC4)cc3)c2)ncn1. The predicted octanol–water partition coefficient (Wildman–Crippen LogP) is 2.50. The minimum absolute atomic E-state index is 0.142. The van der Waals surface area contributed by atoms with Crippen molar-refractivity contribution in [2.45, 2.75) is 12.8 Å². The first kappa shape index (κ1) is 21.5. The summed E-state index contributed by atoms with van der Waals surface area (Å²) in [4.78, 5) is 35.9. The van der Waals surface area contributed by atoms with Crippen LogP contribution in [0.4, 0.5) is 11.5 Å². The van der Waals surface area contributed by atoms with Crippen LogP contribution in [0.5, 0.6) is 5.75 Å². The zero-order chi connectivity index (χ0) is 22.3. The molecule has 32 heavy (non-hydrogen) atoms. The number of hydrogen-bond acceptors (Lipinski definition) is 7. The summed E-state index contributed by atoms with van der Waals surface area (Å²) in [5.74, 6) is 1.55. The third-order valence-corrected chi connectivity index (χ3v) is 5.43. The van der Waals surface area contributed by atoms with Crippen LogP contribution in [0.2, 0.25) is 0 Å². The summed E-state index contributed by atoms with van der Waals surface area (Å²) in [5, 5.41) is 8.96. The average molecular weight is 435 g/mol. The van der Waals surface area contributed by atoms with Crippen molar-refractivity contribution >= 4 is 17.4 Å². The number of anilines is 2. The lowest BCUT2D eigenvalue weighted by molar-refractivity contribution is 0.102. The summed E-state index contributed by atoms with van der Waals surface area (Å²) in [6.07, 6.45) is 5.20. The maximum absolute atomic E-state index is 12.7. The lowest BCUT2D eigenvalue weighted by Gasteiger charge is -2.22. The van der Waals surface area contributed by atoms with Crippen molar-refractivity contribution in [1.82, 2.24) is 20.3 Å². The number of nitrogens with zero attached hydrogens (tertiary/aromatic N) is 2. The Hall–Kier alpha value is -3.72. The molecule has 0 aliphatic carbocycles. The number of amides is 1. The molecule has 3 aromatic rings. The molecule has 1 amide bonds. The topological polar surface area (TPSA) is 121 Å². The second kappa shape index (κ2) is 10.1. The molecule has 0 spiro atoms. The Bertz CT molecular complexity index is 1120. The van der Waals surface area contributed by atoms with Crippen LogP contribution in [0.1, 0.15) is 23.2 Å². The summed E-state index contributed by atoms with van der Waals surface area (Å²) in [5.41, 5.74) is 1.45. The molecule has 4 N–H and O–H groups in total. The molecule has 1 aromatic carbocycles. The van der Waals surface area contributed by atoms with Crippen molar-refractivity contribution in [3.8, 4) is 17.0 Å². The van der Waals surface area contributed by atoms with E-state index in [0.717, 1.165) is 31.7 Å². The molecule has 1 fully saturated rings. The van der Waals surface area contributed by atoms with Gasteiger partial charge in [0, 0.05) is 30.4 Å². The van der Waals surface area contributed by atoms with Gasteiger partial charge in [-0.05, 0) is 62.2 Å². The Labute approximate surface area is 185 Å². The molecule has 1 aliphatic rings. The molecule has 9 nitrogen and oxygen atoms in total. The van der Waals surface area contributed by atoms with E-state index >= 15 is 0 Å². The number of pyridine rings is 1. The summed E-state index contributed by atoms with van der Waals surface area (Å²) < 4.78 is 5.87. The molecule has 0 saturated carbocycles. The van der Waals surface area contributed by atoms with E-state index in [4.69, 9.17) is 4.74 Å². The average Bonchev–Trinajstić information content (AvgIpc) is 2.85. The molecule has 0 bridgehead atoms. The molecule has 9 heteroatoms. The largest absolute Gasteiger partial charge is 0.493 e. The van der Waals surface area contributed by atoms with Crippen molar-refractivity contribution in [2.24, 2.45) is 5.92 Å². The molecule has 4 rings (SSSR count). The number of benzene rings is 1. The van der Waals surface area contributed by atoms with Crippen molar-refractivity contribution in [3.05, 3.63) is 64.8 Å². The van der Waals surface area contributed by atoms with Gasteiger partial charge in [-0.15, -0.1) is 0 Å². The Morgan fingerprint density at radius 1 is 1.16 bits per heavy atom. The standard InChI is InChI=1S/C23H26N6O3/c1-24-21-11-19(27-14-28-21)17-10-20(23(31)26-12-17)29-22(30)16-2-4-18(5-3-16)32-13-15-6-8-25-9-7-15/h2-5,10-12,14-15,25H,6-9,13H2,1H3,(H,26,31)(H,29,30)(H,24,27,28). The number of carbonyl (C=O) groups excluding carboxylic acids is 1. The fourth-order valence-electron chi connectivity index (χ4n) is 3.54. The van der Waals surface area contributed by atoms with Gasteiger partial charge in [0.05, 0.1) is 12.3 Å². The van der Waals surface area contributed by atoms with E-state index in [1.165, 1.54) is 6.33 Å². The number of aromatic amines is 1. The van der Waals surface area contributed by atoms with Crippen LogP contribution in [0, 0.1) is 5.92 Å². The Balaban J connectivity index is 1.42. The van der Waals surface area contributed by atoms with Crippen LogP contribution in [0.25, 0.3) is 11.3 Å². The van der Waals surface area contributed by atoms with Crippen molar-refractivity contribution in [1.29, 1.82) is 0 Å². The highest BCUT2D eigenvalue weighted by atomic mass is 16.5. The van der Waals surface area contributed by atoms with E-state index in [2.05, 4.69) is 30.9 Å². The minimum Gasteiger partial charge on any atom is -0.493 e. The van der Waals surface area contributed by atoms with E-state index in [1.807, 2.05) is 0 Å². The predicted molar refractivity (Wildman–Crippen MR) is 123 cm³/mol. The summed E-state index contributed by atoms with van der Waals surface area (Å²) in [7, 11) is 1.76. The van der Waals surface area contributed by atoms with E-state index in [0.29, 0.717) is 35.2 Å². The second-order valence-corrected chi connectivity index (χ2v) is 7.65. The number of ether oxygens (including phenoxy) is 1. The van der Waals surface area contributed by atoms with Crippen LogP contribution in [0.3, 0.4) is 0 Å². The normalized spacial score (nSPS) is 14.0. The highest BCUT2D eigenvalue weighted by molar-refractivity contribution is 6.04. The summed E-state index contributed by atoms with van der Waals surface area (Å²) in [6, 6.07) is 10.3. The number of aromatic nitrogens is 3. The molecule has 1 saturated heterocycles. The molecule has 0 radical (unpaired) electrons.